The number of esters is 1. The molecule has 1 rings (SSSR count). The Balaban J connectivity index is 2.30. The second kappa shape index (κ2) is 5.28. The molecule has 0 amide bonds. The Kier molecular flexibility index (Phi) is 4.29. The van der Waals surface area contributed by atoms with E-state index in [2.05, 4.69) is 18.8 Å². The molecule has 0 aliphatic carbocycles. The van der Waals surface area contributed by atoms with Gasteiger partial charge in [0, 0.05) is 24.3 Å². The van der Waals surface area contributed by atoms with Gasteiger partial charge in [-0.3, -0.25) is 0 Å². The molecular weight excluding hydrogens is 194 g/mol. The average Bonchev–Trinajstić information content (AvgIpc) is 2.63. The lowest BCUT2D eigenvalue weighted by Crippen LogP contribution is -2.44. The fourth-order valence-electron chi connectivity index (χ4n) is 1.43. The summed E-state index contributed by atoms with van der Waals surface area (Å²) in [6.07, 6.45) is 0.961. The molecule has 0 aromatic rings. The SMILES string of the molecule is C=C(CNC1(C)CCOC1)C(=O)OCC. The summed E-state index contributed by atoms with van der Waals surface area (Å²) < 4.78 is 10.1. The van der Waals surface area contributed by atoms with E-state index >= 15 is 0 Å². The van der Waals surface area contributed by atoms with Gasteiger partial charge < -0.3 is 14.8 Å². The second-order valence-corrected chi connectivity index (χ2v) is 4.04. The van der Waals surface area contributed by atoms with E-state index in [-0.39, 0.29) is 11.5 Å². The number of carbonyl (C=O) groups excluding carboxylic acids is 1. The Morgan fingerprint density at radius 3 is 2.93 bits per heavy atom. The molecule has 0 saturated carbocycles. The number of hydrogen-bond donors (Lipinski definition) is 1. The van der Waals surface area contributed by atoms with Gasteiger partial charge in [-0.2, -0.15) is 0 Å². The highest BCUT2D eigenvalue weighted by atomic mass is 16.5. The van der Waals surface area contributed by atoms with Gasteiger partial charge in [-0.1, -0.05) is 6.58 Å². The first-order valence-corrected chi connectivity index (χ1v) is 5.25. The molecule has 1 saturated heterocycles. The molecule has 1 fully saturated rings. The summed E-state index contributed by atoms with van der Waals surface area (Å²) in [7, 11) is 0. The summed E-state index contributed by atoms with van der Waals surface area (Å²) >= 11 is 0. The largest absolute Gasteiger partial charge is 0.463 e. The van der Waals surface area contributed by atoms with Crippen LogP contribution in [0.4, 0.5) is 0 Å². The monoisotopic (exact) mass is 213 g/mol. The van der Waals surface area contributed by atoms with E-state index in [0.29, 0.717) is 25.3 Å². The van der Waals surface area contributed by atoms with Crippen molar-refractivity contribution >= 4 is 5.97 Å². The highest BCUT2D eigenvalue weighted by Crippen LogP contribution is 2.17. The highest BCUT2D eigenvalue weighted by Gasteiger charge is 2.29. The van der Waals surface area contributed by atoms with Crippen LogP contribution in [-0.4, -0.2) is 37.9 Å². The van der Waals surface area contributed by atoms with Gasteiger partial charge >= 0.3 is 5.97 Å². The minimum atomic E-state index is -0.326. The predicted octanol–water partition coefficient (Wildman–Crippen LogP) is 0.874. The van der Waals surface area contributed by atoms with Gasteiger partial charge in [-0.25, -0.2) is 4.79 Å². The summed E-state index contributed by atoms with van der Waals surface area (Å²) in [6, 6.07) is 0. The van der Waals surface area contributed by atoms with Crippen molar-refractivity contribution in [2.75, 3.05) is 26.4 Å². The van der Waals surface area contributed by atoms with Gasteiger partial charge in [0.05, 0.1) is 13.2 Å². The van der Waals surface area contributed by atoms with Crippen LogP contribution in [0.3, 0.4) is 0 Å². The molecule has 0 bridgehead atoms. The molecule has 86 valence electrons. The summed E-state index contributed by atoms with van der Waals surface area (Å²) in [5, 5.41) is 3.27. The Hall–Kier alpha value is -0.870. The number of nitrogens with one attached hydrogen (secondary N) is 1. The van der Waals surface area contributed by atoms with E-state index in [9.17, 15) is 4.79 Å². The molecule has 1 atom stereocenters. The zero-order valence-corrected chi connectivity index (χ0v) is 9.47. The molecule has 1 aliphatic heterocycles. The van der Waals surface area contributed by atoms with Crippen LogP contribution in [0.25, 0.3) is 0 Å². The molecule has 4 nitrogen and oxygen atoms in total. The predicted molar refractivity (Wildman–Crippen MR) is 57.6 cm³/mol. The highest BCUT2D eigenvalue weighted by molar-refractivity contribution is 5.88. The summed E-state index contributed by atoms with van der Waals surface area (Å²) in [4.78, 5) is 11.3. The van der Waals surface area contributed by atoms with Crippen molar-refractivity contribution in [2.45, 2.75) is 25.8 Å². The van der Waals surface area contributed by atoms with Gasteiger partial charge in [0.1, 0.15) is 0 Å². The van der Waals surface area contributed by atoms with Crippen molar-refractivity contribution in [1.29, 1.82) is 0 Å². The van der Waals surface area contributed by atoms with Crippen molar-refractivity contribution in [3.63, 3.8) is 0 Å². The molecule has 1 N–H and O–H groups in total. The molecule has 4 heteroatoms. The lowest BCUT2D eigenvalue weighted by atomic mass is 10.0. The maximum atomic E-state index is 11.3. The van der Waals surface area contributed by atoms with Gasteiger partial charge in [0.2, 0.25) is 0 Å². The van der Waals surface area contributed by atoms with Gasteiger partial charge in [-0.05, 0) is 20.3 Å². The van der Waals surface area contributed by atoms with Crippen LogP contribution in [0.1, 0.15) is 20.3 Å². The molecule has 1 heterocycles. The van der Waals surface area contributed by atoms with Gasteiger partial charge in [0.25, 0.3) is 0 Å². The van der Waals surface area contributed by atoms with Crippen molar-refractivity contribution < 1.29 is 14.3 Å². The first-order valence-electron chi connectivity index (χ1n) is 5.25. The second-order valence-electron chi connectivity index (χ2n) is 4.04. The van der Waals surface area contributed by atoms with E-state index in [1.54, 1.807) is 6.92 Å². The van der Waals surface area contributed by atoms with Crippen molar-refractivity contribution in [1.82, 2.24) is 5.32 Å². The zero-order chi connectivity index (χ0) is 11.3. The first-order chi connectivity index (χ1) is 7.07. The van der Waals surface area contributed by atoms with Crippen LogP contribution in [0.15, 0.2) is 12.2 Å². The van der Waals surface area contributed by atoms with E-state index in [0.717, 1.165) is 13.0 Å². The smallest absolute Gasteiger partial charge is 0.334 e. The third-order valence-corrected chi connectivity index (χ3v) is 2.51. The van der Waals surface area contributed by atoms with E-state index < -0.39 is 0 Å². The maximum Gasteiger partial charge on any atom is 0.334 e. The zero-order valence-electron chi connectivity index (χ0n) is 9.47. The third kappa shape index (κ3) is 3.64. The topological polar surface area (TPSA) is 47.6 Å². The number of carbonyl (C=O) groups is 1. The minimum Gasteiger partial charge on any atom is -0.463 e. The first kappa shape index (κ1) is 12.2. The number of hydrogen-bond acceptors (Lipinski definition) is 4. The molecule has 0 spiro atoms. The standard InChI is InChI=1S/C11H19NO3/c1-4-15-10(13)9(2)7-12-11(3)5-6-14-8-11/h12H,2,4-8H2,1,3H3. The molecule has 1 unspecified atom stereocenters. The van der Waals surface area contributed by atoms with E-state index in [1.807, 2.05) is 0 Å². The lowest BCUT2D eigenvalue weighted by molar-refractivity contribution is -0.138. The number of rotatable bonds is 5. The van der Waals surface area contributed by atoms with Crippen molar-refractivity contribution in [2.24, 2.45) is 0 Å². The fraction of sp³-hybridized carbons (Fsp3) is 0.727. The Morgan fingerprint density at radius 2 is 2.40 bits per heavy atom. The summed E-state index contributed by atoms with van der Waals surface area (Å²) in [6.45, 7) is 9.85. The Bertz CT molecular complexity index is 244. The van der Waals surface area contributed by atoms with Crippen molar-refractivity contribution in [3.05, 3.63) is 12.2 Å². The van der Waals surface area contributed by atoms with Crippen LogP contribution in [0.5, 0.6) is 0 Å². The van der Waals surface area contributed by atoms with Crippen LogP contribution in [-0.2, 0) is 14.3 Å². The quantitative estimate of drug-likeness (QED) is 0.544. The van der Waals surface area contributed by atoms with Crippen molar-refractivity contribution in [3.8, 4) is 0 Å². The van der Waals surface area contributed by atoms with Crippen LogP contribution in [0, 0.1) is 0 Å². The number of ether oxygens (including phenoxy) is 2. The molecular formula is C11H19NO3. The molecule has 15 heavy (non-hydrogen) atoms. The lowest BCUT2D eigenvalue weighted by Gasteiger charge is -2.23. The van der Waals surface area contributed by atoms with Crippen LogP contribution < -0.4 is 5.32 Å². The van der Waals surface area contributed by atoms with Gasteiger partial charge in [-0.15, -0.1) is 0 Å². The summed E-state index contributed by atoms with van der Waals surface area (Å²) in [5.41, 5.74) is 0.431. The normalized spacial score (nSPS) is 25.2. The minimum absolute atomic E-state index is 0.0323. The maximum absolute atomic E-state index is 11.3. The average molecular weight is 213 g/mol. The third-order valence-electron chi connectivity index (χ3n) is 2.51. The van der Waals surface area contributed by atoms with E-state index in [1.165, 1.54) is 0 Å². The molecule has 1 aliphatic rings. The molecule has 0 aromatic heterocycles. The van der Waals surface area contributed by atoms with Crippen LogP contribution in [0.2, 0.25) is 0 Å². The molecule has 0 radical (unpaired) electrons. The Labute approximate surface area is 90.6 Å². The van der Waals surface area contributed by atoms with Crippen LogP contribution >= 0.6 is 0 Å². The summed E-state index contributed by atoms with van der Waals surface area (Å²) in [5.74, 6) is -0.326. The fourth-order valence-corrected chi connectivity index (χ4v) is 1.43. The van der Waals surface area contributed by atoms with Gasteiger partial charge in [0.15, 0.2) is 0 Å². The molecule has 0 aromatic carbocycles. The Morgan fingerprint density at radius 1 is 1.67 bits per heavy atom. The van der Waals surface area contributed by atoms with E-state index in [4.69, 9.17) is 9.47 Å².